The van der Waals surface area contributed by atoms with E-state index in [4.69, 9.17) is 5.73 Å². The van der Waals surface area contributed by atoms with Crippen LogP contribution >= 0.6 is 0 Å². The lowest BCUT2D eigenvalue weighted by Crippen LogP contribution is -2.42. The van der Waals surface area contributed by atoms with Gasteiger partial charge in [0.25, 0.3) is 0 Å². The minimum Gasteiger partial charge on any atom is -0.340 e. The van der Waals surface area contributed by atoms with Crippen LogP contribution < -0.4 is 5.73 Å². The number of sulfone groups is 1. The van der Waals surface area contributed by atoms with Crippen molar-refractivity contribution in [1.29, 1.82) is 0 Å². The third-order valence-corrected chi connectivity index (χ3v) is 4.14. The molecule has 0 aromatic heterocycles. The van der Waals surface area contributed by atoms with Gasteiger partial charge in [-0.3, -0.25) is 4.79 Å². The van der Waals surface area contributed by atoms with Gasteiger partial charge in [0.2, 0.25) is 5.91 Å². The number of likely N-dealkylation sites (N-methyl/N-ethyl adjacent to an activating group) is 1. The number of nitrogens with two attached hydrogens (primary N) is 1. The van der Waals surface area contributed by atoms with Crippen molar-refractivity contribution < 1.29 is 26.4 Å². The van der Waals surface area contributed by atoms with Crippen molar-refractivity contribution in [2.75, 3.05) is 19.1 Å². The summed E-state index contributed by atoms with van der Waals surface area (Å²) in [6.45, 7) is -0.0463. The molecule has 0 aliphatic rings. The zero-order valence-electron chi connectivity index (χ0n) is 12.8. The van der Waals surface area contributed by atoms with Gasteiger partial charge in [-0.05, 0) is 24.1 Å². The summed E-state index contributed by atoms with van der Waals surface area (Å²) in [6.07, 6.45) is -3.45. The fraction of sp³-hybridized carbons (Fsp3) is 0.500. The number of nitrogens with zero attached hydrogens (tertiary/aromatic N) is 1. The van der Waals surface area contributed by atoms with Crippen LogP contribution in [0.1, 0.15) is 17.5 Å². The summed E-state index contributed by atoms with van der Waals surface area (Å²) in [5, 5.41) is 0. The predicted octanol–water partition coefficient (Wildman–Crippen LogP) is 1.43. The van der Waals surface area contributed by atoms with Gasteiger partial charge in [-0.25, -0.2) is 8.42 Å². The molecule has 0 spiro atoms. The van der Waals surface area contributed by atoms with Gasteiger partial charge in [-0.15, -0.1) is 0 Å². The van der Waals surface area contributed by atoms with Crippen LogP contribution in [0.3, 0.4) is 0 Å². The van der Waals surface area contributed by atoms with E-state index in [2.05, 4.69) is 0 Å². The molecule has 0 aliphatic carbocycles. The van der Waals surface area contributed by atoms with E-state index in [9.17, 15) is 26.4 Å². The molecule has 1 amide bonds. The van der Waals surface area contributed by atoms with E-state index in [1.54, 1.807) is 0 Å². The number of amides is 1. The molecule has 130 valence electrons. The topological polar surface area (TPSA) is 80.5 Å². The van der Waals surface area contributed by atoms with Crippen LogP contribution in [0, 0.1) is 0 Å². The van der Waals surface area contributed by atoms with Crippen LogP contribution in [0.25, 0.3) is 0 Å². The molecule has 1 aromatic carbocycles. The maximum absolute atomic E-state index is 12.6. The lowest BCUT2D eigenvalue weighted by atomic mass is 10.1. The fourth-order valence-corrected chi connectivity index (χ4v) is 2.63. The van der Waals surface area contributed by atoms with Crippen molar-refractivity contribution in [3.63, 3.8) is 0 Å². The summed E-state index contributed by atoms with van der Waals surface area (Å²) in [5.74, 6) is -0.747. The van der Waals surface area contributed by atoms with Crippen molar-refractivity contribution in [3.05, 3.63) is 35.4 Å². The van der Waals surface area contributed by atoms with E-state index in [1.165, 1.54) is 24.1 Å². The highest BCUT2D eigenvalue weighted by Crippen LogP contribution is 2.29. The molecule has 1 atom stereocenters. The number of rotatable bonds is 6. The maximum Gasteiger partial charge on any atom is 0.416 e. The Kier molecular flexibility index (Phi) is 6.18. The van der Waals surface area contributed by atoms with Crippen molar-refractivity contribution in [2.45, 2.75) is 25.2 Å². The van der Waals surface area contributed by atoms with E-state index in [0.29, 0.717) is 5.56 Å². The summed E-state index contributed by atoms with van der Waals surface area (Å²) in [7, 11) is -1.83. The molecule has 9 heteroatoms. The highest BCUT2D eigenvalue weighted by molar-refractivity contribution is 7.90. The normalized spacial score (nSPS) is 13.7. The zero-order valence-corrected chi connectivity index (χ0v) is 13.6. The maximum atomic E-state index is 12.6. The van der Waals surface area contributed by atoms with Gasteiger partial charge in [0.05, 0.1) is 17.4 Å². The minimum absolute atomic E-state index is 0.0371. The summed E-state index contributed by atoms with van der Waals surface area (Å²) < 4.78 is 60.1. The second kappa shape index (κ2) is 7.31. The Labute approximate surface area is 133 Å². The molecule has 5 nitrogen and oxygen atoms in total. The number of carbonyl (C=O) groups excluding carboxylic acids is 1. The van der Waals surface area contributed by atoms with E-state index in [1.807, 2.05) is 0 Å². The quantitative estimate of drug-likeness (QED) is 0.840. The second-order valence-corrected chi connectivity index (χ2v) is 7.68. The molecule has 1 aromatic rings. The molecule has 0 radical (unpaired) electrons. The number of carbonyl (C=O) groups is 1. The van der Waals surface area contributed by atoms with Crippen LogP contribution in [-0.4, -0.2) is 44.3 Å². The van der Waals surface area contributed by atoms with Crippen molar-refractivity contribution in [2.24, 2.45) is 5.73 Å². The number of halogens is 3. The summed E-state index contributed by atoms with van der Waals surface area (Å²) in [5.41, 5.74) is 5.16. The van der Waals surface area contributed by atoms with Crippen molar-refractivity contribution in [1.82, 2.24) is 4.90 Å². The molecule has 0 bridgehead atoms. The second-order valence-electron chi connectivity index (χ2n) is 5.42. The molecular formula is C14H19F3N2O3S. The van der Waals surface area contributed by atoms with E-state index in [0.717, 1.165) is 18.4 Å². The smallest absolute Gasteiger partial charge is 0.340 e. The summed E-state index contributed by atoms with van der Waals surface area (Å²) in [4.78, 5) is 13.2. The van der Waals surface area contributed by atoms with E-state index in [-0.39, 0.29) is 18.7 Å². The van der Waals surface area contributed by atoms with Crippen LogP contribution in [-0.2, 0) is 27.4 Å². The van der Waals surface area contributed by atoms with Crippen LogP contribution in [0.15, 0.2) is 24.3 Å². The third kappa shape index (κ3) is 6.57. The largest absolute Gasteiger partial charge is 0.416 e. The number of hydrogen-bond donors (Lipinski definition) is 1. The molecule has 0 saturated carbocycles. The average Bonchev–Trinajstić information content (AvgIpc) is 2.42. The van der Waals surface area contributed by atoms with Gasteiger partial charge in [0.1, 0.15) is 9.84 Å². The minimum atomic E-state index is -4.45. The monoisotopic (exact) mass is 352 g/mol. The molecule has 0 heterocycles. The first-order valence-electron chi connectivity index (χ1n) is 6.74. The molecule has 0 aliphatic heterocycles. The van der Waals surface area contributed by atoms with Crippen LogP contribution in [0.5, 0.6) is 0 Å². The molecule has 0 saturated heterocycles. The first-order chi connectivity index (χ1) is 10.4. The molecule has 23 heavy (non-hydrogen) atoms. The SMILES string of the molecule is CN(Cc1cccc(C(F)(F)F)c1)C(=O)C(N)CCS(C)(=O)=O. The average molecular weight is 352 g/mol. The van der Waals surface area contributed by atoms with Gasteiger partial charge in [0.15, 0.2) is 0 Å². The Bertz CT molecular complexity index is 659. The van der Waals surface area contributed by atoms with Crippen LogP contribution in [0.4, 0.5) is 13.2 Å². The number of hydrogen-bond acceptors (Lipinski definition) is 4. The molecule has 2 N–H and O–H groups in total. The first kappa shape index (κ1) is 19.4. The Hall–Kier alpha value is -1.61. The number of alkyl halides is 3. The van der Waals surface area contributed by atoms with Crippen molar-refractivity contribution >= 4 is 15.7 Å². The van der Waals surface area contributed by atoms with Crippen LogP contribution in [0.2, 0.25) is 0 Å². The van der Waals surface area contributed by atoms with E-state index < -0.39 is 33.5 Å². The van der Waals surface area contributed by atoms with E-state index >= 15 is 0 Å². The predicted molar refractivity (Wildman–Crippen MR) is 80.2 cm³/mol. The third-order valence-electron chi connectivity index (χ3n) is 3.17. The first-order valence-corrected chi connectivity index (χ1v) is 8.80. The van der Waals surface area contributed by atoms with Gasteiger partial charge in [-0.1, -0.05) is 12.1 Å². The van der Waals surface area contributed by atoms with Gasteiger partial charge < -0.3 is 10.6 Å². The van der Waals surface area contributed by atoms with Gasteiger partial charge in [0, 0.05) is 19.8 Å². The van der Waals surface area contributed by atoms with Gasteiger partial charge >= 0.3 is 6.18 Å². The molecule has 1 rings (SSSR count). The highest BCUT2D eigenvalue weighted by Gasteiger charge is 2.30. The molecule has 1 unspecified atom stereocenters. The highest BCUT2D eigenvalue weighted by atomic mass is 32.2. The summed E-state index contributed by atoms with van der Waals surface area (Å²) >= 11 is 0. The van der Waals surface area contributed by atoms with Gasteiger partial charge in [-0.2, -0.15) is 13.2 Å². The standard InChI is InChI=1S/C14H19F3N2O3S/c1-19(13(20)12(18)6-7-23(2,21)22)9-10-4-3-5-11(8-10)14(15,16)17/h3-5,8,12H,6-7,9,18H2,1-2H3. The lowest BCUT2D eigenvalue weighted by molar-refractivity contribution is -0.137. The molecular weight excluding hydrogens is 333 g/mol. The Morgan fingerprint density at radius 2 is 1.96 bits per heavy atom. The fourth-order valence-electron chi connectivity index (χ4n) is 1.95. The Morgan fingerprint density at radius 1 is 1.35 bits per heavy atom. The number of benzene rings is 1. The molecule has 0 fully saturated rings. The lowest BCUT2D eigenvalue weighted by Gasteiger charge is -2.21. The summed E-state index contributed by atoms with van der Waals surface area (Å²) in [6, 6.07) is 3.64. The zero-order chi connectivity index (χ0) is 17.8. The Morgan fingerprint density at radius 3 is 2.48 bits per heavy atom. The van der Waals surface area contributed by atoms with Crippen molar-refractivity contribution in [3.8, 4) is 0 Å². The Balaban J connectivity index is 2.72.